The van der Waals surface area contributed by atoms with Crippen molar-refractivity contribution in [2.45, 2.75) is 40.0 Å². The van der Waals surface area contributed by atoms with Crippen molar-refractivity contribution in [2.75, 3.05) is 43.3 Å². The largest absolute Gasteiger partial charge is 0.356 e. The van der Waals surface area contributed by atoms with Gasteiger partial charge in [0, 0.05) is 39.1 Å². The van der Waals surface area contributed by atoms with E-state index in [1.807, 2.05) is 30.3 Å². The summed E-state index contributed by atoms with van der Waals surface area (Å²) in [4.78, 5) is 4.59. The van der Waals surface area contributed by atoms with E-state index >= 15 is 0 Å². The number of hydrazine groups is 2. The average Bonchev–Trinajstić information content (AvgIpc) is 2.88. The van der Waals surface area contributed by atoms with E-state index in [0.29, 0.717) is 18.2 Å². The van der Waals surface area contributed by atoms with Gasteiger partial charge in [-0.25, -0.2) is 9.42 Å². The number of nitrogens with zero attached hydrogens (tertiary/aromatic N) is 5. The first-order valence-corrected chi connectivity index (χ1v) is 13.0. The summed E-state index contributed by atoms with van der Waals surface area (Å²) in [7, 11) is 3.55. The van der Waals surface area contributed by atoms with Gasteiger partial charge in [0.15, 0.2) is 0 Å². The summed E-state index contributed by atoms with van der Waals surface area (Å²) in [6.45, 7) is 13.5. The molecule has 0 aliphatic carbocycles. The van der Waals surface area contributed by atoms with Crippen LogP contribution in [-0.2, 0) is 0 Å². The van der Waals surface area contributed by atoms with Gasteiger partial charge in [-0.15, -0.1) is 0 Å². The Kier molecular flexibility index (Phi) is 9.41. The van der Waals surface area contributed by atoms with Crippen LogP contribution in [0.2, 0.25) is 0 Å². The Morgan fingerprint density at radius 3 is 2.36 bits per heavy atom. The first-order valence-electron chi connectivity index (χ1n) is 12.6. The fourth-order valence-electron chi connectivity index (χ4n) is 4.14. The summed E-state index contributed by atoms with van der Waals surface area (Å²) >= 11 is 4.73. The van der Waals surface area contributed by atoms with E-state index in [-0.39, 0.29) is 5.41 Å². The molecule has 0 bridgehead atoms. The molecule has 0 aromatic heterocycles. The Morgan fingerprint density at radius 1 is 1.19 bits per heavy atom. The van der Waals surface area contributed by atoms with Gasteiger partial charge in [-0.3, -0.25) is 10.6 Å². The molecule has 1 aromatic carbocycles. The first kappa shape index (κ1) is 28.0. The summed E-state index contributed by atoms with van der Waals surface area (Å²) in [5, 5.41) is 12.8. The number of nitrogens with two attached hydrogens (primary N) is 1. The molecule has 9 heteroatoms. The molecule has 1 unspecified atom stereocenters. The van der Waals surface area contributed by atoms with Crippen molar-refractivity contribution >= 4 is 24.2 Å². The average molecular weight is 514 g/mol. The summed E-state index contributed by atoms with van der Waals surface area (Å²) < 4.78 is 1.69. The summed E-state index contributed by atoms with van der Waals surface area (Å²) in [5.41, 5.74) is 13.1. The fraction of sp³-hybridized carbons (Fsp3) is 0.481. The lowest BCUT2D eigenvalue weighted by Crippen LogP contribution is -2.46. The zero-order valence-electron chi connectivity index (χ0n) is 22.4. The Bertz CT molecular complexity index is 980. The van der Waals surface area contributed by atoms with Crippen LogP contribution in [0.4, 0.5) is 11.4 Å². The molecule has 1 fully saturated rings. The highest BCUT2D eigenvalue weighted by molar-refractivity contribution is 7.81. The van der Waals surface area contributed by atoms with Crippen LogP contribution in [0.15, 0.2) is 72.5 Å². The summed E-state index contributed by atoms with van der Waals surface area (Å²) in [6, 6.07) is 7.49. The van der Waals surface area contributed by atoms with Gasteiger partial charge in [0.25, 0.3) is 0 Å². The number of anilines is 2. The second-order valence-electron chi connectivity index (χ2n) is 10.2. The number of benzene rings is 1. The fourth-order valence-corrected chi connectivity index (χ4v) is 4.39. The van der Waals surface area contributed by atoms with E-state index in [0.717, 1.165) is 60.4 Å². The van der Waals surface area contributed by atoms with Crippen molar-refractivity contribution in [3.63, 3.8) is 0 Å². The normalized spacial score (nSPS) is 18.9. The number of likely N-dealkylation sites (tertiary alicyclic amines) is 1. The minimum Gasteiger partial charge on any atom is -0.356 e. The standard InChI is InChI=1S/C27H43N7OS/c1-7-21(2)14-17-32-22(3)8-13-25(26(32)31-18-15-27(4,20-28)16-19-31)29-33(36)23-9-11-24(12-10-23)34(35)30(5)6/h8-14,17,21,29,35-36H,3,7,15-16,18-20,28H2,1-2,4-6H3/b17-14-. The number of nitrogens with one attached hydrogen (secondary N) is 1. The van der Waals surface area contributed by atoms with Crippen LogP contribution in [-0.4, -0.2) is 53.7 Å². The van der Waals surface area contributed by atoms with E-state index in [2.05, 4.69) is 60.9 Å². The van der Waals surface area contributed by atoms with E-state index < -0.39 is 0 Å². The molecule has 0 saturated carbocycles. The molecule has 2 aliphatic rings. The van der Waals surface area contributed by atoms with Gasteiger partial charge in [-0.2, -0.15) is 5.17 Å². The second kappa shape index (κ2) is 12.1. The Hall–Kier alpha value is -2.59. The molecule has 198 valence electrons. The van der Waals surface area contributed by atoms with Crippen molar-refractivity contribution in [2.24, 2.45) is 17.1 Å². The predicted molar refractivity (Wildman–Crippen MR) is 153 cm³/mol. The molecule has 0 amide bonds. The topological polar surface area (TPSA) is 74.5 Å². The number of hydrogen-bond acceptors (Lipinski definition) is 9. The highest BCUT2D eigenvalue weighted by Crippen LogP contribution is 2.35. The number of piperidine rings is 1. The highest BCUT2D eigenvalue weighted by Gasteiger charge is 2.33. The first-order chi connectivity index (χ1) is 17.1. The van der Waals surface area contributed by atoms with Gasteiger partial charge < -0.3 is 15.5 Å². The van der Waals surface area contributed by atoms with Crippen molar-refractivity contribution in [3.05, 3.63) is 72.5 Å². The van der Waals surface area contributed by atoms with Gasteiger partial charge in [0.05, 0.1) is 17.1 Å². The van der Waals surface area contributed by atoms with Crippen LogP contribution < -0.4 is 20.7 Å². The molecule has 4 N–H and O–H groups in total. The lowest BCUT2D eigenvalue weighted by Gasteiger charge is -2.44. The molecule has 1 atom stereocenters. The van der Waals surface area contributed by atoms with Gasteiger partial charge in [0.2, 0.25) is 0 Å². The molecule has 8 nitrogen and oxygen atoms in total. The molecular weight excluding hydrogens is 470 g/mol. The van der Waals surface area contributed by atoms with Crippen LogP contribution >= 0.6 is 12.8 Å². The van der Waals surface area contributed by atoms with Crippen LogP contribution in [0, 0.1) is 11.3 Å². The highest BCUT2D eigenvalue weighted by atomic mass is 32.1. The van der Waals surface area contributed by atoms with E-state index in [4.69, 9.17) is 18.5 Å². The second-order valence-corrected chi connectivity index (χ2v) is 10.6. The van der Waals surface area contributed by atoms with Crippen molar-refractivity contribution in [1.29, 1.82) is 0 Å². The van der Waals surface area contributed by atoms with Crippen LogP contribution in [0.25, 0.3) is 0 Å². The molecule has 36 heavy (non-hydrogen) atoms. The minimum absolute atomic E-state index is 0.175. The van der Waals surface area contributed by atoms with Crippen LogP contribution in [0.1, 0.15) is 40.0 Å². The third kappa shape index (κ3) is 6.59. The molecule has 1 saturated heterocycles. The smallest absolute Gasteiger partial charge is 0.138 e. The summed E-state index contributed by atoms with van der Waals surface area (Å²) in [5.74, 6) is 1.53. The molecule has 0 radical (unpaired) electrons. The van der Waals surface area contributed by atoms with E-state index in [1.54, 1.807) is 23.5 Å². The summed E-state index contributed by atoms with van der Waals surface area (Å²) in [6.07, 6.45) is 11.6. The lowest BCUT2D eigenvalue weighted by molar-refractivity contribution is 0.110. The molecule has 1 aromatic rings. The van der Waals surface area contributed by atoms with Gasteiger partial charge >= 0.3 is 0 Å². The third-order valence-corrected chi connectivity index (χ3v) is 7.45. The Labute approximate surface area is 222 Å². The van der Waals surface area contributed by atoms with Gasteiger partial charge in [0.1, 0.15) is 5.82 Å². The van der Waals surface area contributed by atoms with Crippen molar-refractivity contribution < 1.29 is 5.21 Å². The van der Waals surface area contributed by atoms with Crippen molar-refractivity contribution in [1.82, 2.24) is 20.2 Å². The maximum atomic E-state index is 10.1. The quantitative estimate of drug-likeness (QED) is 0.265. The van der Waals surface area contributed by atoms with E-state index in [9.17, 15) is 5.21 Å². The number of hydrogen-bond donors (Lipinski definition) is 4. The molecular formula is C27H43N7OS. The Morgan fingerprint density at radius 2 is 1.81 bits per heavy atom. The SMILES string of the molecule is C=C1C=CC(NN(S)c2ccc(N(O)N(C)C)cc2)=C(N2CCC(C)(CN)CC2)N1/C=C\C(C)CC. The minimum atomic E-state index is 0.175. The monoisotopic (exact) mass is 513 g/mol. The zero-order chi connectivity index (χ0) is 26.5. The Balaban J connectivity index is 1.91. The molecule has 2 aliphatic heterocycles. The number of rotatable bonds is 10. The zero-order valence-corrected chi connectivity index (χ0v) is 23.2. The maximum Gasteiger partial charge on any atom is 0.138 e. The van der Waals surface area contributed by atoms with Crippen molar-refractivity contribution in [3.8, 4) is 0 Å². The lowest BCUT2D eigenvalue weighted by atomic mass is 9.80. The van der Waals surface area contributed by atoms with Crippen LogP contribution in [0.3, 0.4) is 0 Å². The van der Waals surface area contributed by atoms with Crippen LogP contribution in [0.5, 0.6) is 0 Å². The van der Waals surface area contributed by atoms with Gasteiger partial charge in [-0.05, 0) is 80.0 Å². The molecule has 2 heterocycles. The number of thiol groups is 1. The molecule has 3 rings (SSSR count). The van der Waals surface area contributed by atoms with Gasteiger partial charge in [-0.1, -0.05) is 39.8 Å². The van der Waals surface area contributed by atoms with E-state index in [1.165, 1.54) is 0 Å². The predicted octanol–water partition coefficient (Wildman–Crippen LogP) is 4.69. The number of allylic oxidation sites excluding steroid dienone is 3. The molecule has 0 spiro atoms. The third-order valence-electron chi connectivity index (χ3n) is 7.12. The maximum absolute atomic E-state index is 10.1.